The summed E-state index contributed by atoms with van der Waals surface area (Å²) in [7, 11) is 0. The molecule has 0 aliphatic heterocycles. The zero-order chi connectivity index (χ0) is 11.5. The minimum atomic E-state index is -0.0246. The van der Waals surface area contributed by atoms with E-state index in [2.05, 4.69) is 5.32 Å². The molecule has 1 aliphatic carbocycles. The van der Waals surface area contributed by atoms with Crippen LogP contribution in [-0.2, 0) is 4.79 Å². The van der Waals surface area contributed by atoms with Crippen LogP contribution in [0.25, 0.3) is 0 Å². The molecule has 1 N–H and O–H groups in total. The predicted molar refractivity (Wildman–Crippen MR) is 62.6 cm³/mol. The summed E-state index contributed by atoms with van der Waals surface area (Å²) in [6.45, 7) is 4.10. The van der Waals surface area contributed by atoms with E-state index in [0.717, 1.165) is 29.7 Å². The molecule has 3 nitrogen and oxygen atoms in total. The number of carbonyl (C=O) groups is 1. The molecule has 2 rings (SSSR count). The van der Waals surface area contributed by atoms with Gasteiger partial charge in [0.25, 0.3) is 5.91 Å². The highest BCUT2D eigenvalue weighted by molar-refractivity contribution is 5.78. The van der Waals surface area contributed by atoms with Crippen LogP contribution in [0, 0.1) is 13.8 Å². The molecule has 0 atom stereocenters. The maximum Gasteiger partial charge on any atom is 0.258 e. The lowest BCUT2D eigenvalue weighted by Gasteiger charge is -2.09. The van der Waals surface area contributed by atoms with E-state index < -0.39 is 0 Å². The van der Waals surface area contributed by atoms with E-state index in [1.54, 1.807) is 0 Å². The van der Waals surface area contributed by atoms with Gasteiger partial charge in [-0.2, -0.15) is 0 Å². The van der Waals surface area contributed by atoms with Crippen LogP contribution in [0.5, 0.6) is 5.75 Å². The summed E-state index contributed by atoms with van der Waals surface area (Å²) in [5.41, 5.74) is 2.20. The topological polar surface area (TPSA) is 38.3 Å². The molecule has 1 amide bonds. The first-order valence-corrected chi connectivity index (χ1v) is 5.64. The number of ether oxygens (including phenoxy) is 1. The molecule has 0 spiro atoms. The molecule has 16 heavy (non-hydrogen) atoms. The van der Waals surface area contributed by atoms with Gasteiger partial charge in [0.15, 0.2) is 6.61 Å². The van der Waals surface area contributed by atoms with Gasteiger partial charge >= 0.3 is 0 Å². The summed E-state index contributed by atoms with van der Waals surface area (Å²) >= 11 is 0. The van der Waals surface area contributed by atoms with Crippen LogP contribution in [0.15, 0.2) is 18.2 Å². The van der Waals surface area contributed by atoms with Gasteiger partial charge in [-0.15, -0.1) is 0 Å². The molecule has 0 aromatic heterocycles. The second kappa shape index (κ2) is 4.56. The minimum Gasteiger partial charge on any atom is -0.483 e. The molecule has 86 valence electrons. The van der Waals surface area contributed by atoms with E-state index in [9.17, 15) is 4.79 Å². The smallest absolute Gasteiger partial charge is 0.258 e. The monoisotopic (exact) mass is 219 g/mol. The van der Waals surface area contributed by atoms with Crippen molar-refractivity contribution in [2.45, 2.75) is 32.7 Å². The fraction of sp³-hybridized carbons (Fsp3) is 0.462. The number of amides is 1. The van der Waals surface area contributed by atoms with E-state index in [1.807, 2.05) is 32.0 Å². The van der Waals surface area contributed by atoms with Crippen molar-refractivity contribution in [3.63, 3.8) is 0 Å². The van der Waals surface area contributed by atoms with Gasteiger partial charge in [0.05, 0.1) is 0 Å². The van der Waals surface area contributed by atoms with Crippen molar-refractivity contribution < 1.29 is 9.53 Å². The summed E-state index contributed by atoms with van der Waals surface area (Å²) in [5, 5.41) is 2.89. The SMILES string of the molecule is Cc1ccc(C)c(OCC(=O)NC2CC2)c1. The van der Waals surface area contributed by atoms with Crippen LogP contribution < -0.4 is 10.1 Å². The van der Waals surface area contributed by atoms with Gasteiger partial charge in [-0.25, -0.2) is 0 Å². The Balaban J connectivity index is 1.87. The Hall–Kier alpha value is -1.51. The molecule has 0 saturated heterocycles. The third-order valence-electron chi connectivity index (χ3n) is 2.64. The Morgan fingerprint density at radius 2 is 2.19 bits per heavy atom. The first kappa shape index (κ1) is 11.0. The van der Waals surface area contributed by atoms with Crippen LogP contribution in [-0.4, -0.2) is 18.6 Å². The van der Waals surface area contributed by atoms with Crippen molar-refractivity contribution in [2.24, 2.45) is 0 Å². The zero-order valence-electron chi connectivity index (χ0n) is 9.75. The highest BCUT2D eigenvalue weighted by Crippen LogP contribution is 2.20. The average Bonchev–Trinajstić information content (AvgIpc) is 3.03. The van der Waals surface area contributed by atoms with Crippen molar-refractivity contribution >= 4 is 5.91 Å². The van der Waals surface area contributed by atoms with E-state index in [1.165, 1.54) is 0 Å². The molecule has 1 aromatic rings. The maximum atomic E-state index is 11.4. The lowest BCUT2D eigenvalue weighted by Crippen LogP contribution is -2.30. The third kappa shape index (κ3) is 2.99. The number of hydrogen-bond donors (Lipinski definition) is 1. The lowest BCUT2D eigenvalue weighted by atomic mass is 10.1. The molecule has 3 heteroatoms. The summed E-state index contributed by atoms with van der Waals surface area (Å²) in [6, 6.07) is 6.39. The molecular formula is C13H17NO2. The quantitative estimate of drug-likeness (QED) is 0.840. The van der Waals surface area contributed by atoms with Crippen molar-refractivity contribution in [1.82, 2.24) is 5.32 Å². The number of benzene rings is 1. The average molecular weight is 219 g/mol. The third-order valence-corrected chi connectivity index (χ3v) is 2.64. The number of carbonyl (C=O) groups excluding carboxylic acids is 1. The summed E-state index contributed by atoms with van der Waals surface area (Å²) in [4.78, 5) is 11.4. The molecule has 1 aromatic carbocycles. The molecule has 0 unspecified atom stereocenters. The summed E-state index contributed by atoms with van der Waals surface area (Å²) < 4.78 is 5.50. The van der Waals surface area contributed by atoms with E-state index in [-0.39, 0.29) is 12.5 Å². The Morgan fingerprint density at radius 1 is 1.44 bits per heavy atom. The molecular weight excluding hydrogens is 202 g/mol. The zero-order valence-corrected chi connectivity index (χ0v) is 9.75. The fourth-order valence-corrected chi connectivity index (χ4v) is 1.50. The number of rotatable bonds is 4. The van der Waals surface area contributed by atoms with Crippen molar-refractivity contribution in [1.29, 1.82) is 0 Å². The van der Waals surface area contributed by atoms with Crippen molar-refractivity contribution in [3.8, 4) is 5.75 Å². The Labute approximate surface area is 95.8 Å². The Kier molecular flexibility index (Phi) is 3.13. The standard InChI is InChI=1S/C13H17NO2/c1-9-3-4-10(2)12(7-9)16-8-13(15)14-11-5-6-11/h3-4,7,11H,5-6,8H2,1-2H3,(H,14,15). The van der Waals surface area contributed by atoms with Gasteiger partial charge in [0.2, 0.25) is 0 Å². The van der Waals surface area contributed by atoms with Crippen LogP contribution in [0.4, 0.5) is 0 Å². The highest BCUT2D eigenvalue weighted by atomic mass is 16.5. The second-order valence-corrected chi connectivity index (χ2v) is 4.40. The first-order chi connectivity index (χ1) is 7.65. The molecule has 0 radical (unpaired) electrons. The van der Waals surface area contributed by atoms with Crippen LogP contribution >= 0.6 is 0 Å². The van der Waals surface area contributed by atoms with Gasteiger partial charge in [-0.1, -0.05) is 12.1 Å². The van der Waals surface area contributed by atoms with Gasteiger partial charge in [0, 0.05) is 6.04 Å². The van der Waals surface area contributed by atoms with E-state index >= 15 is 0 Å². The highest BCUT2D eigenvalue weighted by Gasteiger charge is 2.23. The molecule has 1 aliphatic rings. The Bertz CT molecular complexity index is 397. The lowest BCUT2D eigenvalue weighted by molar-refractivity contribution is -0.123. The maximum absolute atomic E-state index is 11.4. The molecule has 0 heterocycles. The van der Waals surface area contributed by atoms with E-state index in [4.69, 9.17) is 4.74 Å². The molecule has 1 saturated carbocycles. The van der Waals surface area contributed by atoms with Gasteiger partial charge < -0.3 is 10.1 Å². The fourth-order valence-electron chi connectivity index (χ4n) is 1.50. The Morgan fingerprint density at radius 3 is 2.88 bits per heavy atom. The van der Waals surface area contributed by atoms with Crippen LogP contribution in [0.2, 0.25) is 0 Å². The van der Waals surface area contributed by atoms with E-state index in [0.29, 0.717) is 6.04 Å². The number of nitrogens with one attached hydrogen (secondary N) is 1. The summed E-state index contributed by atoms with van der Waals surface area (Å²) in [5.74, 6) is 0.773. The molecule has 1 fully saturated rings. The normalized spacial score (nSPS) is 14.6. The first-order valence-electron chi connectivity index (χ1n) is 5.64. The number of hydrogen-bond acceptors (Lipinski definition) is 2. The van der Waals surface area contributed by atoms with Gasteiger partial charge in [-0.05, 0) is 43.9 Å². The van der Waals surface area contributed by atoms with Crippen molar-refractivity contribution in [2.75, 3.05) is 6.61 Å². The predicted octanol–water partition coefficient (Wildman–Crippen LogP) is 1.96. The second-order valence-electron chi connectivity index (χ2n) is 4.40. The molecule has 0 bridgehead atoms. The van der Waals surface area contributed by atoms with Gasteiger partial charge in [-0.3, -0.25) is 4.79 Å². The largest absolute Gasteiger partial charge is 0.483 e. The number of aryl methyl sites for hydroxylation is 2. The van der Waals surface area contributed by atoms with Crippen LogP contribution in [0.1, 0.15) is 24.0 Å². The van der Waals surface area contributed by atoms with Crippen molar-refractivity contribution in [3.05, 3.63) is 29.3 Å². The summed E-state index contributed by atoms with van der Waals surface area (Å²) in [6.07, 6.45) is 2.21. The minimum absolute atomic E-state index is 0.0246. The van der Waals surface area contributed by atoms with Crippen LogP contribution in [0.3, 0.4) is 0 Å². The van der Waals surface area contributed by atoms with Gasteiger partial charge in [0.1, 0.15) is 5.75 Å².